The zero-order chi connectivity index (χ0) is 16.1. The molecule has 2 aromatic rings. The predicted octanol–water partition coefficient (Wildman–Crippen LogP) is 3.84. The Kier molecular flexibility index (Phi) is 5.91. The summed E-state index contributed by atoms with van der Waals surface area (Å²) in [6.45, 7) is 4.37. The average molecular weight is 339 g/mol. The first-order valence-electron chi connectivity index (χ1n) is 6.95. The number of halogens is 1. The van der Waals surface area contributed by atoms with E-state index in [0.717, 1.165) is 28.3 Å². The van der Waals surface area contributed by atoms with Gasteiger partial charge in [-0.05, 0) is 31.5 Å². The molecule has 0 fully saturated rings. The standard InChI is InChI=1S/C16H19ClN2O2S/c1-11-15(12(2)21-18-11)9-22-10-16(20)19(3)8-13-5-4-6-14(17)7-13/h4-7H,8-10H2,1-3H3. The lowest BCUT2D eigenvalue weighted by Gasteiger charge is -2.17. The highest BCUT2D eigenvalue weighted by Crippen LogP contribution is 2.20. The first-order valence-corrected chi connectivity index (χ1v) is 8.48. The zero-order valence-electron chi connectivity index (χ0n) is 12.9. The van der Waals surface area contributed by atoms with Crippen LogP contribution in [0, 0.1) is 13.8 Å². The van der Waals surface area contributed by atoms with Crippen molar-refractivity contribution in [1.29, 1.82) is 0 Å². The minimum Gasteiger partial charge on any atom is -0.361 e. The van der Waals surface area contributed by atoms with Gasteiger partial charge in [-0.15, -0.1) is 11.8 Å². The smallest absolute Gasteiger partial charge is 0.232 e. The van der Waals surface area contributed by atoms with Crippen LogP contribution in [0.2, 0.25) is 5.02 Å². The van der Waals surface area contributed by atoms with Crippen LogP contribution >= 0.6 is 23.4 Å². The fourth-order valence-electron chi connectivity index (χ4n) is 2.06. The van der Waals surface area contributed by atoms with Crippen LogP contribution in [-0.2, 0) is 17.1 Å². The quantitative estimate of drug-likeness (QED) is 0.803. The summed E-state index contributed by atoms with van der Waals surface area (Å²) in [5.74, 6) is 2.08. The topological polar surface area (TPSA) is 46.3 Å². The number of hydrogen-bond donors (Lipinski definition) is 0. The van der Waals surface area contributed by atoms with E-state index >= 15 is 0 Å². The predicted molar refractivity (Wildman–Crippen MR) is 90.1 cm³/mol. The number of benzene rings is 1. The number of carbonyl (C=O) groups excluding carboxylic acids is 1. The second-order valence-corrected chi connectivity index (χ2v) is 6.60. The Bertz CT molecular complexity index is 638. The van der Waals surface area contributed by atoms with Crippen LogP contribution in [0.4, 0.5) is 0 Å². The Hall–Kier alpha value is -1.46. The summed E-state index contributed by atoms with van der Waals surface area (Å²) >= 11 is 7.53. The highest BCUT2D eigenvalue weighted by Gasteiger charge is 2.12. The molecule has 0 aliphatic carbocycles. The molecule has 4 nitrogen and oxygen atoms in total. The molecule has 0 unspecified atom stereocenters. The van der Waals surface area contributed by atoms with Gasteiger partial charge in [0, 0.05) is 29.9 Å². The molecule has 22 heavy (non-hydrogen) atoms. The minimum absolute atomic E-state index is 0.0942. The molecule has 0 spiro atoms. The van der Waals surface area contributed by atoms with Crippen LogP contribution < -0.4 is 0 Å². The molecule has 118 valence electrons. The number of nitrogens with zero attached hydrogens (tertiary/aromatic N) is 2. The van der Waals surface area contributed by atoms with Gasteiger partial charge in [0.15, 0.2) is 0 Å². The van der Waals surface area contributed by atoms with Gasteiger partial charge in [-0.25, -0.2) is 0 Å². The highest BCUT2D eigenvalue weighted by atomic mass is 35.5. The summed E-state index contributed by atoms with van der Waals surface area (Å²) in [6.07, 6.45) is 0. The van der Waals surface area contributed by atoms with E-state index in [4.69, 9.17) is 16.1 Å². The van der Waals surface area contributed by atoms with Crippen LogP contribution in [0.3, 0.4) is 0 Å². The van der Waals surface area contributed by atoms with Crippen LogP contribution in [-0.4, -0.2) is 28.8 Å². The van der Waals surface area contributed by atoms with Crippen molar-refractivity contribution in [2.75, 3.05) is 12.8 Å². The molecule has 0 atom stereocenters. The molecule has 0 saturated carbocycles. The summed E-state index contributed by atoms with van der Waals surface area (Å²) in [5.41, 5.74) is 3.00. The van der Waals surface area contributed by atoms with Crippen molar-refractivity contribution in [2.24, 2.45) is 0 Å². The number of aryl methyl sites for hydroxylation is 2. The van der Waals surface area contributed by atoms with Gasteiger partial charge >= 0.3 is 0 Å². The summed E-state index contributed by atoms with van der Waals surface area (Å²) in [7, 11) is 1.81. The normalized spacial score (nSPS) is 10.7. The van der Waals surface area contributed by atoms with Gasteiger partial charge in [0.1, 0.15) is 5.76 Å². The Morgan fingerprint density at radius 2 is 2.18 bits per heavy atom. The summed E-state index contributed by atoms with van der Waals surface area (Å²) in [5, 5.41) is 4.60. The molecule has 0 N–H and O–H groups in total. The molecule has 0 radical (unpaired) electrons. The Morgan fingerprint density at radius 1 is 1.41 bits per heavy atom. The first-order chi connectivity index (χ1) is 10.5. The third-order valence-electron chi connectivity index (χ3n) is 3.39. The highest BCUT2D eigenvalue weighted by molar-refractivity contribution is 7.99. The fraction of sp³-hybridized carbons (Fsp3) is 0.375. The maximum atomic E-state index is 12.2. The van der Waals surface area contributed by atoms with Crippen molar-refractivity contribution in [1.82, 2.24) is 10.1 Å². The minimum atomic E-state index is 0.0942. The van der Waals surface area contributed by atoms with E-state index in [1.165, 1.54) is 0 Å². The van der Waals surface area contributed by atoms with Crippen LogP contribution in [0.1, 0.15) is 22.6 Å². The fourth-order valence-corrected chi connectivity index (χ4v) is 3.38. The van der Waals surface area contributed by atoms with Gasteiger partial charge in [-0.3, -0.25) is 4.79 Å². The molecule has 2 rings (SSSR count). The molecule has 1 amide bonds. The van der Waals surface area contributed by atoms with Crippen molar-refractivity contribution < 1.29 is 9.32 Å². The zero-order valence-corrected chi connectivity index (χ0v) is 14.5. The van der Waals surface area contributed by atoms with E-state index < -0.39 is 0 Å². The van der Waals surface area contributed by atoms with Gasteiger partial charge in [0.25, 0.3) is 0 Å². The Balaban J connectivity index is 1.82. The van der Waals surface area contributed by atoms with E-state index in [1.54, 1.807) is 23.7 Å². The van der Waals surface area contributed by atoms with Gasteiger partial charge in [-0.2, -0.15) is 0 Å². The molecule has 0 aliphatic rings. The van der Waals surface area contributed by atoms with E-state index in [2.05, 4.69) is 5.16 Å². The average Bonchev–Trinajstić information content (AvgIpc) is 2.78. The van der Waals surface area contributed by atoms with Crippen LogP contribution in [0.25, 0.3) is 0 Å². The lowest BCUT2D eigenvalue weighted by atomic mass is 10.2. The summed E-state index contributed by atoms with van der Waals surface area (Å²) < 4.78 is 5.12. The molecule has 1 aromatic carbocycles. The van der Waals surface area contributed by atoms with Gasteiger partial charge in [0.05, 0.1) is 11.4 Å². The molecule has 0 aliphatic heterocycles. The molecule has 0 saturated heterocycles. The van der Waals surface area contributed by atoms with Crippen molar-refractivity contribution >= 4 is 29.3 Å². The number of carbonyl (C=O) groups is 1. The van der Waals surface area contributed by atoms with Crippen molar-refractivity contribution in [3.63, 3.8) is 0 Å². The number of rotatable bonds is 6. The SMILES string of the molecule is Cc1noc(C)c1CSCC(=O)N(C)Cc1cccc(Cl)c1. The van der Waals surface area contributed by atoms with Crippen LogP contribution in [0.5, 0.6) is 0 Å². The lowest BCUT2D eigenvalue weighted by Crippen LogP contribution is -2.27. The second-order valence-electron chi connectivity index (χ2n) is 5.18. The van der Waals surface area contributed by atoms with E-state index in [0.29, 0.717) is 17.3 Å². The monoisotopic (exact) mass is 338 g/mol. The first kappa shape index (κ1) is 16.9. The van der Waals surface area contributed by atoms with Crippen molar-refractivity contribution in [2.45, 2.75) is 26.1 Å². The van der Waals surface area contributed by atoms with Gasteiger partial charge in [0.2, 0.25) is 5.91 Å². The maximum Gasteiger partial charge on any atom is 0.232 e. The molecule has 0 bridgehead atoms. The van der Waals surface area contributed by atoms with Gasteiger partial charge in [-0.1, -0.05) is 28.9 Å². The molecular weight excluding hydrogens is 320 g/mol. The van der Waals surface area contributed by atoms with E-state index in [9.17, 15) is 4.79 Å². The molecule has 6 heteroatoms. The number of amides is 1. The third kappa shape index (κ3) is 4.52. The largest absolute Gasteiger partial charge is 0.361 e. The number of hydrogen-bond acceptors (Lipinski definition) is 4. The van der Waals surface area contributed by atoms with Crippen molar-refractivity contribution in [3.8, 4) is 0 Å². The summed E-state index contributed by atoms with van der Waals surface area (Å²) in [6, 6.07) is 7.56. The lowest BCUT2D eigenvalue weighted by molar-refractivity contribution is -0.127. The van der Waals surface area contributed by atoms with Crippen molar-refractivity contribution in [3.05, 3.63) is 51.9 Å². The maximum absolute atomic E-state index is 12.2. The second kappa shape index (κ2) is 7.70. The number of thioether (sulfide) groups is 1. The van der Waals surface area contributed by atoms with E-state index in [-0.39, 0.29) is 5.91 Å². The molecular formula is C16H19ClN2O2S. The van der Waals surface area contributed by atoms with Crippen LogP contribution in [0.15, 0.2) is 28.8 Å². The Labute approximate surface area is 139 Å². The molecule has 1 aromatic heterocycles. The number of aromatic nitrogens is 1. The summed E-state index contributed by atoms with van der Waals surface area (Å²) in [4.78, 5) is 13.9. The molecule has 1 heterocycles. The van der Waals surface area contributed by atoms with E-state index in [1.807, 2.05) is 38.1 Å². The Morgan fingerprint density at radius 3 is 2.82 bits per heavy atom. The third-order valence-corrected chi connectivity index (χ3v) is 4.57. The van der Waals surface area contributed by atoms with Gasteiger partial charge < -0.3 is 9.42 Å².